The third kappa shape index (κ3) is 14.3. The topological polar surface area (TPSA) is 114 Å². The first-order valence-electron chi connectivity index (χ1n) is 8.76. The number of carbonyl (C=O) groups is 3. The molecule has 1 rings (SSSR count). The quantitative estimate of drug-likeness (QED) is 0.353. The molecular formula is C20H30N2O6. The van der Waals surface area contributed by atoms with Gasteiger partial charge < -0.3 is 25.2 Å². The van der Waals surface area contributed by atoms with Gasteiger partial charge in [-0.15, -0.1) is 6.58 Å². The lowest BCUT2D eigenvalue weighted by Crippen LogP contribution is -2.48. The Labute approximate surface area is 165 Å². The van der Waals surface area contributed by atoms with E-state index in [2.05, 4.69) is 17.2 Å². The zero-order chi connectivity index (χ0) is 21.6. The number of hydrogen-bond donors (Lipinski definition) is 3. The van der Waals surface area contributed by atoms with Gasteiger partial charge in [-0.1, -0.05) is 36.4 Å². The molecule has 0 heterocycles. The lowest BCUT2D eigenvalue weighted by atomic mass is 10.2. The Balaban J connectivity index is 0.000000567. The average molecular weight is 394 g/mol. The molecule has 8 nitrogen and oxygen atoms in total. The van der Waals surface area contributed by atoms with Gasteiger partial charge in [0, 0.05) is 20.0 Å². The Hall–Kier alpha value is -2.87. The maximum atomic E-state index is 11.4. The fraction of sp³-hybridized carbons (Fsp3) is 0.450. The number of nitrogens with one attached hydrogen (secondary N) is 2. The Kier molecular flexibility index (Phi) is 12.0. The van der Waals surface area contributed by atoms with E-state index in [0.717, 1.165) is 5.56 Å². The van der Waals surface area contributed by atoms with Crippen molar-refractivity contribution in [3.8, 4) is 0 Å². The summed E-state index contributed by atoms with van der Waals surface area (Å²) in [6.07, 6.45) is 0.858. The number of ether oxygens (including phenoxy) is 2. The van der Waals surface area contributed by atoms with Gasteiger partial charge in [0.05, 0.1) is 0 Å². The molecule has 0 saturated heterocycles. The summed E-state index contributed by atoms with van der Waals surface area (Å²) in [5.74, 6) is -1.36. The molecule has 1 aromatic carbocycles. The molecule has 0 unspecified atom stereocenters. The number of carboxylic acid groups (broad SMARTS) is 1. The van der Waals surface area contributed by atoms with Crippen molar-refractivity contribution in [3.05, 3.63) is 48.6 Å². The Morgan fingerprint density at radius 3 is 2.29 bits per heavy atom. The van der Waals surface area contributed by atoms with Crippen LogP contribution in [0.2, 0.25) is 0 Å². The van der Waals surface area contributed by atoms with Crippen LogP contribution in [-0.2, 0) is 25.7 Å². The molecule has 1 atom stereocenters. The molecule has 1 aromatic rings. The van der Waals surface area contributed by atoms with E-state index in [0.29, 0.717) is 13.2 Å². The van der Waals surface area contributed by atoms with Crippen LogP contribution < -0.4 is 10.6 Å². The third-order valence-corrected chi connectivity index (χ3v) is 2.91. The summed E-state index contributed by atoms with van der Waals surface area (Å²) in [5.41, 5.74) is 0.365. The van der Waals surface area contributed by atoms with Gasteiger partial charge in [-0.3, -0.25) is 4.79 Å². The molecule has 0 aromatic heterocycles. The largest absolute Gasteiger partial charge is 0.480 e. The number of esters is 1. The maximum absolute atomic E-state index is 11.4. The molecule has 28 heavy (non-hydrogen) atoms. The van der Waals surface area contributed by atoms with Crippen LogP contribution in [0.3, 0.4) is 0 Å². The fourth-order valence-electron chi connectivity index (χ4n) is 1.74. The van der Waals surface area contributed by atoms with Gasteiger partial charge >= 0.3 is 18.0 Å². The predicted octanol–water partition coefficient (Wildman–Crippen LogP) is 2.49. The summed E-state index contributed by atoms with van der Waals surface area (Å²) in [6.45, 7) is 11.0. The summed E-state index contributed by atoms with van der Waals surface area (Å²) in [5, 5.41) is 14.0. The van der Waals surface area contributed by atoms with Crippen molar-refractivity contribution in [2.75, 3.05) is 13.1 Å². The van der Waals surface area contributed by atoms with Crippen molar-refractivity contribution in [1.29, 1.82) is 0 Å². The average Bonchev–Trinajstić information content (AvgIpc) is 2.59. The highest BCUT2D eigenvalue weighted by Gasteiger charge is 2.23. The third-order valence-electron chi connectivity index (χ3n) is 2.91. The first-order chi connectivity index (χ1) is 13.0. The molecule has 156 valence electrons. The summed E-state index contributed by atoms with van der Waals surface area (Å²) in [7, 11) is 0. The normalized spacial score (nSPS) is 11.3. The summed E-state index contributed by atoms with van der Waals surface area (Å²) >= 11 is 0. The number of alkyl carbamates (subject to hydrolysis) is 1. The van der Waals surface area contributed by atoms with Gasteiger partial charge in [0.2, 0.25) is 0 Å². The zero-order valence-corrected chi connectivity index (χ0v) is 16.9. The zero-order valence-electron chi connectivity index (χ0n) is 16.9. The second kappa shape index (κ2) is 13.3. The highest BCUT2D eigenvalue weighted by molar-refractivity contribution is 5.80. The summed E-state index contributed by atoms with van der Waals surface area (Å²) in [6, 6.07) is 8.57. The van der Waals surface area contributed by atoms with Crippen molar-refractivity contribution < 1.29 is 29.0 Å². The second-order valence-corrected chi connectivity index (χ2v) is 6.75. The standard InChI is InChI=1S/C11H20N2O4.C9H10O2/c1-5-6-12-7-8(9(14)15)13-10(16)17-11(2,3)4;1-8(10)11-7-9-5-3-2-4-6-9/h5,8,12H,1,6-7H2,2-4H3,(H,13,16)(H,14,15);2-6H,7H2,1H3/t8-;/m0./s1. The van der Waals surface area contributed by atoms with Crippen LogP contribution in [0.1, 0.15) is 33.3 Å². The minimum atomic E-state index is -1.12. The van der Waals surface area contributed by atoms with Gasteiger partial charge in [0.15, 0.2) is 0 Å². The molecule has 1 amide bonds. The maximum Gasteiger partial charge on any atom is 0.408 e. The van der Waals surface area contributed by atoms with E-state index < -0.39 is 23.7 Å². The Bertz CT molecular complexity index is 625. The minimum absolute atomic E-state index is 0.112. The van der Waals surface area contributed by atoms with Gasteiger partial charge in [0.1, 0.15) is 18.2 Å². The fourth-order valence-corrected chi connectivity index (χ4v) is 1.74. The number of amides is 1. The monoisotopic (exact) mass is 394 g/mol. The number of rotatable bonds is 8. The number of carboxylic acids is 1. The molecule has 0 aliphatic heterocycles. The van der Waals surface area contributed by atoms with E-state index in [1.165, 1.54) is 6.92 Å². The molecule has 3 N–H and O–H groups in total. The van der Waals surface area contributed by atoms with E-state index in [-0.39, 0.29) is 12.5 Å². The van der Waals surface area contributed by atoms with Gasteiger partial charge in [-0.25, -0.2) is 9.59 Å². The molecule has 0 radical (unpaired) electrons. The van der Waals surface area contributed by atoms with Crippen molar-refractivity contribution in [2.45, 2.75) is 45.9 Å². The Morgan fingerprint density at radius 1 is 1.21 bits per heavy atom. The van der Waals surface area contributed by atoms with Crippen LogP contribution in [-0.4, -0.2) is 47.9 Å². The summed E-state index contributed by atoms with van der Waals surface area (Å²) in [4.78, 5) is 32.6. The first-order valence-corrected chi connectivity index (χ1v) is 8.76. The van der Waals surface area contributed by atoms with Crippen LogP contribution in [0.15, 0.2) is 43.0 Å². The minimum Gasteiger partial charge on any atom is -0.480 e. The van der Waals surface area contributed by atoms with Gasteiger partial charge in [-0.2, -0.15) is 0 Å². The Morgan fingerprint density at radius 2 is 1.82 bits per heavy atom. The number of aliphatic carboxylic acids is 1. The SMILES string of the molecule is C=CCNC[C@H](NC(=O)OC(C)(C)C)C(=O)O.CC(=O)OCc1ccccc1. The molecule has 0 bridgehead atoms. The molecule has 0 aliphatic rings. The van der Waals surface area contributed by atoms with Crippen LogP contribution >= 0.6 is 0 Å². The number of carbonyl (C=O) groups excluding carboxylic acids is 2. The molecule has 8 heteroatoms. The lowest BCUT2D eigenvalue weighted by molar-refractivity contribution is -0.142. The van der Waals surface area contributed by atoms with Crippen LogP contribution in [0.5, 0.6) is 0 Å². The van der Waals surface area contributed by atoms with E-state index in [1.54, 1.807) is 26.8 Å². The van der Waals surface area contributed by atoms with E-state index >= 15 is 0 Å². The van der Waals surface area contributed by atoms with Crippen LogP contribution in [0.25, 0.3) is 0 Å². The van der Waals surface area contributed by atoms with Crippen LogP contribution in [0, 0.1) is 0 Å². The van der Waals surface area contributed by atoms with Crippen molar-refractivity contribution in [3.63, 3.8) is 0 Å². The molecule has 0 spiro atoms. The number of benzene rings is 1. The van der Waals surface area contributed by atoms with Crippen molar-refractivity contribution in [1.82, 2.24) is 10.6 Å². The van der Waals surface area contributed by atoms with E-state index in [9.17, 15) is 14.4 Å². The van der Waals surface area contributed by atoms with Crippen molar-refractivity contribution >= 4 is 18.0 Å². The lowest BCUT2D eigenvalue weighted by Gasteiger charge is -2.22. The predicted molar refractivity (Wildman–Crippen MR) is 106 cm³/mol. The highest BCUT2D eigenvalue weighted by Crippen LogP contribution is 2.06. The molecule has 0 aliphatic carbocycles. The van der Waals surface area contributed by atoms with Gasteiger partial charge in [-0.05, 0) is 26.3 Å². The highest BCUT2D eigenvalue weighted by atomic mass is 16.6. The van der Waals surface area contributed by atoms with Crippen molar-refractivity contribution in [2.24, 2.45) is 0 Å². The molecular weight excluding hydrogens is 364 g/mol. The van der Waals surface area contributed by atoms with Crippen LogP contribution in [0.4, 0.5) is 4.79 Å². The molecule has 0 saturated carbocycles. The molecule has 0 fully saturated rings. The van der Waals surface area contributed by atoms with E-state index in [1.807, 2.05) is 30.3 Å². The first kappa shape index (κ1) is 25.1. The van der Waals surface area contributed by atoms with Gasteiger partial charge in [0.25, 0.3) is 0 Å². The second-order valence-electron chi connectivity index (χ2n) is 6.75. The number of hydrogen-bond acceptors (Lipinski definition) is 6. The summed E-state index contributed by atoms with van der Waals surface area (Å²) < 4.78 is 9.75. The smallest absolute Gasteiger partial charge is 0.408 e. The van der Waals surface area contributed by atoms with E-state index in [4.69, 9.17) is 14.6 Å².